The summed E-state index contributed by atoms with van der Waals surface area (Å²) in [6, 6.07) is 5.53. The van der Waals surface area contributed by atoms with Crippen LogP contribution in [-0.2, 0) is 0 Å². The summed E-state index contributed by atoms with van der Waals surface area (Å²) in [6.45, 7) is 1.53. The Morgan fingerprint density at radius 3 is 3.08 bits per heavy atom. The molecule has 0 amide bonds. The summed E-state index contributed by atoms with van der Waals surface area (Å²) in [7, 11) is 0. The van der Waals surface area contributed by atoms with E-state index in [-0.39, 0.29) is 5.91 Å². The van der Waals surface area contributed by atoms with Gasteiger partial charge in [0.25, 0.3) is 0 Å². The molecule has 0 radical (unpaired) electrons. The van der Waals surface area contributed by atoms with Crippen LogP contribution in [0.5, 0.6) is 0 Å². The third-order valence-electron chi connectivity index (χ3n) is 1.80. The fourth-order valence-corrected chi connectivity index (χ4v) is 1.24. The van der Waals surface area contributed by atoms with Crippen molar-refractivity contribution in [2.45, 2.75) is 6.92 Å². The monoisotopic (exact) mass is 160 g/mol. The van der Waals surface area contributed by atoms with Gasteiger partial charge < -0.3 is 0 Å². The van der Waals surface area contributed by atoms with Gasteiger partial charge in [-0.25, -0.2) is 0 Å². The summed E-state index contributed by atoms with van der Waals surface area (Å²) in [5.41, 5.74) is 1.72. The second-order valence-corrected chi connectivity index (χ2v) is 2.61. The van der Waals surface area contributed by atoms with E-state index in [0.29, 0.717) is 0 Å². The average molecular weight is 160 g/mol. The maximum Gasteiger partial charge on any atom is 0.227 e. The van der Waals surface area contributed by atoms with Crippen molar-refractivity contribution in [1.82, 2.24) is 9.55 Å². The number of hydrogen-bond acceptors (Lipinski definition) is 2. The van der Waals surface area contributed by atoms with E-state index >= 15 is 0 Å². The molecule has 0 spiro atoms. The Morgan fingerprint density at radius 2 is 2.33 bits per heavy atom. The zero-order valence-electron chi connectivity index (χ0n) is 6.69. The quantitative estimate of drug-likeness (QED) is 0.587. The van der Waals surface area contributed by atoms with Crippen molar-refractivity contribution in [3.05, 3.63) is 30.6 Å². The van der Waals surface area contributed by atoms with E-state index in [1.807, 2.05) is 18.2 Å². The van der Waals surface area contributed by atoms with Crippen LogP contribution in [0.3, 0.4) is 0 Å². The molecule has 0 bridgehead atoms. The summed E-state index contributed by atoms with van der Waals surface area (Å²) >= 11 is 0. The third kappa shape index (κ3) is 0.906. The molecule has 0 saturated carbocycles. The van der Waals surface area contributed by atoms with Gasteiger partial charge in [-0.2, -0.15) is 0 Å². The van der Waals surface area contributed by atoms with Gasteiger partial charge in [-0.05, 0) is 18.2 Å². The van der Waals surface area contributed by atoms with E-state index in [4.69, 9.17) is 0 Å². The highest BCUT2D eigenvalue weighted by Crippen LogP contribution is 2.11. The third-order valence-corrected chi connectivity index (χ3v) is 1.80. The van der Waals surface area contributed by atoms with E-state index in [1.165, 1.54) is 6.92 Å². The van der Waals surface area contributed by atoms with Gasteiger partial charge in [-0.3, -0.25) is 14.3 Å². The van der Waals surface area contributed by atoms with E-state index in [1.54, 1.807) is 17.0 Å². The number of carbonyl (C=O) groups is 1. The van der Waals surface area contributed by atoms with E-state index in [0.717, 1.165) is 11.0 Å². The van der Waals surface area contributed by atoms with Crippen LogP contribution in [0.1, 0.15) is 11.7 Å². The van der Waals surface area contributed by atoms with Crippen molar-refractivity contribution in [2.24, 2.45) is 0 Å². The van der Waals surface area contributed by atoms with Crippen molar-refractivity contribution in [3.8, 4) is 0 Å². The molecule has 0 fully saturated rings. The average Bonchev–Trinajstić information content (AvgIpc) is 2.47. The van der Waals surface area contributed by atoms with Crippen molar-refractivity contribution in [2.75, 3.05) is 0 Å². The largest absolute Gasteiger partial charge is 0.286 e. The highest BCUT2D eigenvalue weighted by Gasteiger charge is 2.02. The van der Waals surface area contributed by atoms with Gasteiger partial charge in [0.1, 0.15) is 0 Å². The molecule has 2 rings (SSSR count). The van der Waals surface area contributed by atoms with Crippen LogP contribution in [0, 0.1) is 0 Å². The van der Waals surface area contributed by atoms with Crippen molar-refractivity contribution >= 4 is 16.9 Å². The molecule has 0 unspecified atom stereocenters. The smallest absolute Gasteiger partial charge is 0.227 e. The standard InChI is InChI=1S/C9H8N2O/c1-7(12)11-6-4-8-9(11)3-2-5-10-8/h2-6H,1H3. The maximum atomic E-state index is 11.1. The molecule has 0 aromatic carbocycles. The van der Waals surface area contributed by atoms with Gasteiger partial charge in [-0.1, -0.05) is 0 Å². The number of rotatable bonds is 0. The number of pyridine rings is 1. The minimum absolute atomic E-state index is 0.0120. The molecule has 2 aromatic heterocycles. The molecule has 0 aliphatic carbocycles. The number of hydrogen-bond donors (Lipinski definition) is 0. The molecule has 0 atom stereocenters. The zero-order valence-corrected chi connectivity index (χ0v) is 6.69. The highest BCUT2D eigenvalue weighted by molar-refractivity contribution is 5.89. The molecule has 60 valence electrons. The van der Waals surface area contributed by atoms with Gasteiger partial charge in [-0.15, -0.1) is 0 Å². The molecule has 0 aliphatic rings. The van der Waals surface area contributed by atoms with Crippen LogP contribution in [0.4, 0.5) is 0 Å². The van der Waals surface area contributed by atoms with Crippen LogP contribution in [0.25, 0.3) is 11.0 Å². The van der Waals surface area contributed by atoms with Gasteiger partial charge in [0.05, 0.1) is 11.0 Å². The van der Waals surface area contributed by atoms with Crippen LogP contribution in [-0.4, -0.2) is 15.5 Å². The van der Waals surface area contributed by atoms with E-state index in [2.05, 4.69) is 4.98 Å². The lowest BCUT2D eigenvalue weighted by Gasteiger charge is -1.96. The lowest BCUT2D eigenvalue weighted by molar-refractivity contribution is 0.0941. The Kier molecular flexibility index (Phi) is 1.43. The zero-order chi connectivity index (χ0) is 8.55. The number of aromatic nitrogens is 2. The Labute approximate surface area is 69.6 Å². The SMILES string of the molecule is CC(=O)n1ccc2ncccc21. The summed E-state index contributed by atoms with van der Waals surface area (Å²) in [5, 5.41) is 0. The van der Waals surface area contributed by atoms with Gasteiger partial charge in [0.2, 0.25) is 5.91 Å². The summed E-state index contributed by atoms with van der Waals surface area (Å²) in [4.78, 5) is 15.2. The number of nitrogens with zero attached hydrogens (tertiary/aromatic N) is 2. The summed E-state index contributed by atoms with van der Waals surface area (Å²) < 4.78 is 1.59. The Hall–Kier alpha value is -1.64. The molecule has 0 saturated heterocycles. The Balaban J connectivity index is 2.79. The number of carbonyl (C=O) groups excluding carboxylic acids is 1. The molecular weight excluding hydrogens is 152 g/mol. The fourth-order valence-electron chi connectivity index (χ4n) is 1.24. The summed E-state index contributed by atoms with van der Waals surface area (Å²) in [6.07, 6.45) is 3.45. The van der Waals surface area contributed by atoms with Crippen LogP contribution in [0.15, 0.2) is 30.6 Å². The van der Waals surface area contributed by atoms with Crippen molar-refractivity contribution < 1.29 is 4.79 Å². The first-order valence-corrected chi connectivity index (χ1v) is 3.72. The molecule has 2 aromatic rings. The minimum Gasteiger partial charge on any atom is -0.286 e. The first-order valence-electron chi connectivity index (χ1n) is 3.72. The lowest BCUT2D eigenvalue weighted by Crippen LogP contribution is -2.02. The molecule has 3 heteroatoms. The first kappa shape index (κ1) is 7.03. The Morgan fingerprint density at radius 1 is 1.50 bits per heavy atom. The Bertz CT molecular complexity index is 431. The molecule has 3 nitrogen and oxygen atoms in total. The highest BCUT2D eigenvalue weighted by atomic mass is 16.1. The maximum absolute atomic E-state index is 11.1. The predicted molar refractivity (Wildman–Crippen MR) is 46.0 cm³/mol. The lowest BCUT2D eigenvalue weighted by atomic mass is 10.4. The second kappa shape index (κ2) is 2.44. The topological polar surface area (TPSA) is 34.9 Å². The van der Waals surface area contributed by atoms with E-state index in [9.17, 15) is 4.79 Å². The molecule has 0 N–H and O–H groups in total. The van der Waals surface area contributed by atoms with Gasteiger partial charge >= 0.3 is 0 Å². The molecular formula is C9H8N2O. The van der Waals surface area contributed by atoms with Gasteiger partial charge in [0.15, 0.2) is 0 Å². The molecule has 0 aliphatic heterocycles. The minimum atomic E-state index is 0.0120. The van der Waals surface area contributed by atoms with Crippen molar-refractivity contribution in [3.63, 3.8) is 0 Å². The summed E-state index contributed by atoms with van der Waals surface area (Å²) in [5.74, 6) is 0.0120. The van der Waals surface area contributed by atoms with E-state index < -0.39 is 0 Å². The second-order valence-electron chi connectivity index (χ2n) is 2.61. The van der Waals surface area contributed by atoms with Crippen molar-refractivity contribution in [1.29, 1.82) is 0 Å². The van der Waals surface area contributed by atoms with Crippen LogP contribution in [0.2, 0.25) is 0 Å². The fraction of sp³-hybridized carbons (Fsp3) is 0.111. The normalized spacial score (nSPS) is 10.4. The molecule has 12 heavy (non-hydrogen) atoms. The first-order chi connectivity index (χ1) is 5.79. The number of fused-ring (bicyclic) bond motifs is 1. The molecule has 2 heterocycles. The predicted octanol–water partition coefficient (Wildman–Crippen LogP) is 1.70. The van der Waals surface area contributed by atoms with Gasteiger partial charge in [0, 0.05) is 19.3 Å². The van der Waals surface area contributed by atoms with Crippen LogP contribution >= 0.6 is 0 Å². The van der Waals surface area contributed by atoms with Crippen LogP contribution < -0.4 is 0 Å².